The molecule has 0 radical (unpaired) electrons. The minimum atomic E-state index is -0.571. The molecule has 0 aliphatic carbocycles. The molecule has 0 bridgehead atoms. The second-order valence-corrected chi connectivity index (χ2v) is 4.43. The van der Waals surface area contributed by atoms with Crippen LogP contribution in [0.25, 0.3) is 0 Å². The summed E-state index contributed by atoms with van der Waals surface area (Å²) in [4.78, 5) is 23.1. The molecule has 1 amide bonds. The van der Waals surface area contributed by atoms with Crippen molar-refractivity contribution in [2.45, 2.75) is 32.9 Å². The molecule has 1 aromatic heterocycles. The maximum Gasteiger partial charge on any atom is 0.287 e. The summed E-state index contributed by atoms with van der Waals surface area (Å²) in [5, 5.41) is 6.42. The molecule has 17 heavy (non-hydrogen) atoms. The molecular formula is C10H13Cl2N3O2. The highest BCUT2D eigenvalue weighted by Gasteiger charge is 2.11. The van der Waals surface area contributed by atoms with Crippen molar-refractivity contribution in [3.63, 3.8) is 0 Å². The van der Waals surface area contributed by atoms with Gasteiger partial charge in [0.2, 0.25) is 5.91 Å². The molecular weight excluding hydrogens is 265 g/mol. The predicted octanol–water partition coefficient (Wildman–Crippen LogP) is 1.46. The number of rotatable bonds is 4. The lowest BCUT2D eigenvalue weighted by molar-refractivity contribution is -0.122. The average Bonchev–Trinajstić information content (AvgIpc) is 2.29. The SMILES string of the molecule is CCC(C)NC(=O)Cn1ncc(Cl)c(Cl)c1=O. The van der Waals surface area contributed by atoms with Gasteiger partial charge < -0.3 is 5.32 Å². The van der Waals surface area contributed by atoms with Crippen LogP contribution in [0.5, 0.6) is 0 Å². The third-order valence-electron chi connectivity index (χ3n) is 2.26. The van der Waals surface area contributed by atoms with E-state index in [9.17, 15) is 9.59 Å². The molecule has 0 fully saturated rings. The van der Waals surface area contributed by atoms with Crippen LogP contribution in [0, 0.1) is 0 Å². The molecule has 0 aromatic carbocycles. The topological polar surface area (TPSA) is 64.0 Å². The van der Waals surface area contributed by atoms with Crippen LogP contribution >= 0.6 is 23.2 Å². The lowest BCUT2D eigenvalue weighted by Crippen LogP contribution is -2.38. The molecule has 1 rings (SSSR count). The first-order valence-corrected chi connectivity index (χ1v) is 5.91. The van der Waals surface area contributed by atoms with Gasteiger partial charge in [-0.1, -0.05) is 30.1 Å². The third kappa shape index (κ3) is 3.71. The Morgan fingerprint density at radius 2 is 2.24 bits per heavy atom. The van der Waals surface area contributed by atoms with E-state index >= 15 is 0 Å². The lowest BCUT2D eigenvalue weighted by Gasteiger charge is -2.11. The smallest absolute Gasteiger partial charge is 0.287 e. The minimum Gasteiger partial charge on any atom is -0.352 e. The third-order valence-corrected chi connectivity index (χ3v) is 3.00. The van der Waals surface area contributed by atoms with Gasteiger partial charge in [0, 0.05) is 6.04 Å². The van der Waals surface area contributed by atoms with E-state index in [1.807, 2.05) is 13.8 Å². The fourth-order valence-corrected chi connectivity index (χ4v) is 1.39. The summed E-state index contributed by atoms with van der Waals surface area (Å²) < 4.78 is 0.978. The molecule has 1 N–H and O–H groups in total. The monoisotopic (exact) mass is 277 g/mol. The maximum atomic E-state index is 11.6. The Hall–Kier alpha value is -1.07. The number of carbonyl (C=O) groups excluding carboxylic acids is 1. The van der Waals surface area contributed by atoms with Crippen molar-refractivity contribution in [1.82, 2.24) is 15.1 Å². The van der Waals surface area contributed by atoms with Crippen LogP contribution in [0.2, 0.25) is 10.0 Å². The molecule has 0 aliphatic rings. The van der Waals surface area contributed by atoms with Gasteiger partial charge in [0.25, 0.3) is 5.56 Å². The number of amides is 1. The fourth-order valence-electron chi connectivity index (χ4n) is 1.12. The number of hydrogen-bond donors (Lipinski definition) is 1. The lowest BCUT2D eigenvalue weighted by atomic mass is 10.2. The largest absolute Gasteiger partial charge is 0.352 e. The molecule has 5 nitrogen and oxygen atoms in total. The van der Waals surface area contributed by atoms with Crippen LogP contribution in [0.1, 0.15) is 20.3 Å². The fraction of sp³-hybridized carbons (Fsp3) is 0.500. The van der Waals surface area contributed by atoms with Crippen LogP contribution in [0.3, 0.4) is 0 Å². The Kier molecular flexibility index (Phi) is 4.96. The zero-order valence-electron chi connectivity index (χ0n) is 9.54. The van der Waals surface area contributed by atoms with Gasteiger partial charge in [0.05, 0.1) is 11.2 Å². The van der Waals surface area contributed by atoms with Crippen LogP contribution in [0.4, 0.5) is 0 Å². The quantitative estimate of drug-likeness (QED) is 0.907. The van der Waals surface area contributed by atoms with E-state index in [-0.39, 0.29) is 28.5 Å². The zero-order chi connectivity index (χ0) is 13.0. The Labute approximate surface area is 109 Å². The molecule has 0 spiro atoms. The van der Waals surface area contributed by atoms with Crippen LogP contribution in [0.15, 0.2) is 11.0 Å². The Balaban J connectivity index is 2.80. The van der Waals surface area contributed by atoms with E-state index in [2.05, 4.69) is 10.4 Å². The van der Waals surface area contributed by atoms with E-state index in [1.54, 1.807) is 0 Å². The minimum absolute atomic E-state index is 0.0565. The Morgan fingerprint density at radius 1 is 1.59 bits per heavy atom. The number of hydrogen-bond acceptors (Lipinski definition) is 3. The van der Waals surface area contributed by atoms with Gasteiger partial charge in [-0.25, -0.2) is 4.68 Å². The molecule has 0 aliphatic heterocycles. The molecule has 1 heterocycles. The number of nitrogens with one attached hydrogen (secondary N) is 1. The van der Waals surface area contributed by atoms with E-state index in [0.29, 0.717) is 0 Å². The normalized spacial score (nSPS) is 12.2. The van der Waals surface area contributed by atoms with E-state index in [1.165, 1.54) is 6.20 Å². The standard InChI is InChI=1S/C10H13Cl2N3O2/c1-3-6(2)14-8(16)5-15-10(17)9(12)7(11)4-13-15/h4,6H,3,5H2,1-2H3,(H,14,16). The van der Waals surface area contributed by atoms with Crippen molar-refractivity contribution in [1.29, 1.82) is 0 Å². The highest BCUT2D eigenvalue weighted by molar-refractivity contribution is 6.41. The Morgan fingerprint density at radius 3 is 2.82 bits per heavy atom. The second kappa shape index (κ2) is 6.02. The van der Waals surface area contributed by atoms with E-state index in [4.69, 9.17) is 23.2 Å². The maximum absolute atomic E-state index is 11.6. The van der Waals surface area contributed by atoms with E-state index < -0.39 is 5.56 Å². The van der Waals surface area contributed by atoms with Crippen molar-refractivity contribution < 1.29 is 4.79 Å². The first-order valence-electron chi connectivity index (χ1n) is 5.16. The molecule has 1 atom stereocenters. The van der Waals surface area contributed by atoms with Gasteiger partial charge in [-0.3, -0.25) is 9.59 Å². The van der Waals surface area contributed by atoms with Gasteiger partial charge in [0.1, 0.15) is 11.6 Å². The van der Waals surface area contributed by atoms with Gasteiger partial charge in [-0.2, -0.15) is 5.10 Å². The van der Waals surface area contributed by atoms with Crippen molar-refractivity contribution in [2.24, 2.45) is 0 Å². The molecule has 0 saturated heterocycles. The summed E-state index contributed by atoms with van der Waals surface area (Å²) >= 11 is 11.3. The number of halogens is 2. The van der Waals surface area contributed by atoms with Gasteiger partial charge in [-0.05, 0) is 13.3 Å². The van der Waals surface area contributed by atoms with Crippen molar-refractivity contribution in [3.8, 4) is 0 Å². The average molecular weight is 278 g/mol. The summed E-state index contributed by atoms with van der Waals surface area (Å²) in [6.45, 7) is 3.66. The summed E-state index contributed by atoms with van der Waals surface area (Å²) in [7, 11) is 0. The van der Waals surface area contributed by atoms with Crippen LogP contribution in [-0.2, 0) is 11.3 Å². The zero-order valence-corrected chi connectivity index (χ0v) is 11.0. The van der Waals surface area contributed by atoms with Crippen molar-refractivity contribution >= 4 is 29.1 Å². The van der Waals surface area contributed by atoms with Crippen molar-refractivity contribution in [2.75, 3.05) is 0 Å². The van der Waals surface area contributed by atoms with E-state index in [0.717, 1.165) is 11.1 Å². The predicted molar refractivity (Wildman–Crippen MR) is 66.4 cm³/mol. The number of carbonyl (C=O) groups is 1. The van der Waals surface area contributed by atoms with Gasteiger partial charge in [-0.15, -0.1) is 0 Å². The molecule has 1 unspecified atom stereocenters. The first-order chi connectivity index (χ1) is 7.95. The highest BCUT2D eigenvalue weighted by atomic mass is 35.5. The molecule has 0 saturated carbocycles. The number of aromatic nitrogens is 2. The summed E-state index contributed by atoms with van der Waals surface area (Å²) in [5.41, 5.74) is -0.571. The molecule has 1 aromatic rings. The van der Waals surface area contributed by atoms with Crippen LogP contribution in [-0.4, -0.2) is 21.7 Å². The van der Waals surface area contributed by atoms with Gasteiger partial charge in [0.15, 0.2) is 0 Å². The molecule has 7 heteroatoms. The highest BCUT2D eigenvalue weighted by Crippen LogP contribution is 2.14. The summed E-state index contributed by atoms with van der Waals surface area (Å²) in [6, 6.07) is 0.0565. The summed E-state index contributed by atoms with van der Waals surface area (Å²) in [5.74, 6) is -0.285. The molecule has 94 valence electrons. The Bertz CT molecular complexity index is 473. The van der Waals surface area contributed by atoms with Crippen molar-refractivity contribution in [3.05, 3.63) is 26.6 Å². The van der Waals surface area contributed by atoms with Gasteiger partial charge >= 0.3 is 0 Å². The van der Waals surface area contributed by atoms with Crippen LogP contribution < -0.4 is 10.9 Å². The second-order valence-electron chi connectivity index (χ2n) is 3.65. The summed E-state index contributed by atoms with van der Waals surface area (Å²) in [6.07, 6.45) is 2.05. The number of nitrogens with zero attached hydrogens (tertiary/aromatic N) is 2. The first kappa shape index (κ1) is 14.0.